The summed E-state index contributed by atoms with van der Waals surface area (Å²) in [6, 6.07) is 2.81. The zero-order chi connectivity index (χ0) is 21.8. The van der Waals surface area contributed by atoms with Gasteiger partial charge in [-0.25, -0.2) is 0 Å². The van der Waals surface area contributed by atoms with E-state index in [1.54, 1.807) is 4.68 Å². The second-order valence-electron chi connectivity index (χ2n) is 9.37. The lowest BCUT2D eigenvalue weighted by molar-refractivity contribution is -0.135. The van der Waals surface area contributed by atoms with E-state index in [4.69, 9.17) is 4.74 Å². The number of carbonyl (C=O) groups is 2. The number of aromatic nitrogens is 2. The van der Waals surface area contributed by atoms with Crippen molar-refractivity contribution < 1.29 is 14.3 Å². The van der Waals surface area contributed by atoms with Gasteiger partial charge in [0.15, 0.2) is 0 Å². The molecule has 1 aromatic rings. The average Bonchev–Trinajstić information content (AvgIpc) is 3.57. The standard InChI is InChI=1S/C23H37N5O3/c1-17-14-18(2)28(25-17)16-22(29)24-9-11-27(20-7-12-31-13-8-20)21-4-3-10-26(15-21)23(30)19-5-6-19/h14,19-21H,3-13,15-16H2,1-2H3,(H,24,29). The Labute approximate surface area is 185 Å². The molecule has 1 saturated carbocycles. The molecule has 3 fully saturated rings. The summed E-state index contributed by atoms with van der Waals surface area (Å²) in [4.78, 5) is 29.8. The molecular formula is C23H37N5O3. The molecule has 1 aliphatic carbocycles. The van der Waals surface area contributed by atoms with Crippen LogP contribution in [0.5, 0.6) is 0 Å². The highest BCUT2D eigenvalue weighted by molar-refractivity contribution is 5.81. The maximum Gasteiger partial charge on any atom is 0.241 e. The third-order valence-corrected chi connectivity index (χ3v) is 6.85. The van der Waals surface area contributed by atoms with Gasteiger partial charge < -0.3 is 15.0 Å². The highest BCUT2D eigenvalue weighted by Gasteiger charge is 2.37. The maximum absolute atomic E-state index is 12.6. The summed E-state index contributed by atoms with van der Waals surface area (Å²) < 4.78 is 7.34. The van der Waals surface area contributed by atoms with Crippen LogP contribution in [0.15, 0.2) is 6.07 Å². The Hall–Kier alpha value is -1.93. The third-order valence-electron chi connectivity index (χ3n) is 6.85. The molecule has 1 aromatic heterocycles. The smallest absolute Gasteiger partial charge is 0.241 e. The first-order valence-electron chi connectivity index (χ1n) is 11.9. The molecule has 1 atom stereocenters. The summed E-state index contributed by atoms with van der Waals surface area (Å²) in [6.45, 7) is 8.90. The zero-order valence-corrected chi connectivity index (χ0v) is 19.0. The molecule has 2 saturated heterocycles. The number of aryl methyl sites for hydroxylation is 2. The second kappa shape index (κ2) is 10.1. The lowest BCUT2D eigenvalue weighted by atomic mass is 9.98. The van der Waals surface area contributed by atoms with Gasteiger partial charge in [0.05, 0.1) is 5.69 Å². The molecule has 1 unspecified atom stereocenters. The molecule has 3 aliphatic rings. The fourth-order valence-electron chi connectivity index (χ4n) is 5.05. The van der Waals surface area contributed by atoms with E-state index in [1.807, 2.05) is 19.9 Å². The number of piperidine rings is 1. The quantitative estimate of drug-likeness (QED) is 0.675. The molecule has 172 valence electrons. The van der Waals surface area contributed by atoms with E-state index in [9.17, 15) is 9.59 Å². The van der Waals surface area contributed by atoms with E-state index in [-0.39, 0.29) is 18.4 Å². The van der Waals surface area contributed by atoms with Crippen molar-refractivity contribution >= 4 is 11.8 Å². The summed E-state index contributed by atoms with van der Waals surface area (Å²) >= 11 is 0. The van der Waals surface area contributed by atoms with Crippen LogP contribution in [0.1, 0.15) is 49.9 Å². The van der Waals surface area contributed by atoms with Crippen molar-refractivity contribution in [2.75, 3.05) is 39.4 Å². The Kier molecular flexibility index (Phi) is 7.27. The van der Waals surface area contributed by atoms with Gasteiger partial charge >= 0.3 is 0 Å². The van der Waals surface area contributed by atoms with Gasteiger partial charge in [0, 0.05) is 63.1 Å². The van der Waals surface area contributed by atoms with Crippen molar-refractivity contribution in [2.24, 2.45) is 5.92 Å². The molecule has 2 amide bonds. The Bertz CT molecular complexity index is 769. The first-order valence-corrected chi connectivity index (χ1v) is 11.9. The Morgan fingerprint density at radius 3 is 2.61 bits per heavy atom. The molecule has 0 radical (unpaired) electrons. The van der Waals surface area contributed by atoms with Crippen LogP contribution in [0.2, 0.25) is 0 Å². The van der Waals surface area contributed by atoms with Gasteiger partial charge in [-0.15, -0.1) is 0 Å². The highest BCUT2D eigenvalue weighted by atomic mass is 16.5. The Morgan fingerprint density at radius 2 is 1.94 bits per heavy atom. The van der Waals surface area contributed by atoms with Crippen molar-refractivity contribution in [2.45, 2.75) is 71.0 Å². The van der Waals surface area contributed by atoms with Crippen LogP contribution in [0.3, 0.4) is 0 Å². The van der Waals surface area contributed by atoms with E-state index in [0.717, 1.165) is 82.8 Å². The molecule has 3 heterocycles. The molecule has 0 aromatic carbocycles. The van der Waals surface area contributed by atoms with Gasteiger partial charge in [-0.2, -0.15) is 5.10 Å². The van der Waals surface area contributed by atoms with E-state index in [2.05, 4.69) is 20.2 Å². The van der Waals surface area contributed by atoms with Crippen LogP contribution in [-0.2, 0) is 20.9 Å². The predicted octanol–water partition coefficient (Wildman–Crippen LogP) is 1.50. The van der Waals surface area contributed by atoms with Gasteiger partial charge in [-0.05, 0) is 58.4 Å². The molecule has 0 bridgehead atoms. The first-order chi connectivity index (χ1) is 15.0. The van der Waals surface area contributed by atoms with Crippen LogP contribution in [-0.4, -0.2) is 82.9 Å². The summed E-state index contributed by atoms with van der Waals surface area (Å²) in [5.41, 5.74) is 1.93. The van der Waals surface area contributed by atoms with Crippen LogP contribution < -0.4 is 5.32 Å². The van der Waals surface area contributed by atoms with E-state index in [1.165, 1.54) is 0 Å². The Balaban J connectivity index is 1.33. The minimum atomic E-state index is -0.00712. The summed E-state index contributed by atoms with van der Waals surface area (Å²) in [5, 5.41) is 7.46. The Morgan fingerprint density at radius 1 is 1.16 bits per heavy atom. The summed E-state index contributed by atoms with van der Waals surface area (Å²) in [7, 11) is 0. The maximum atomic E-state index is 12.6. The molecule has 2 aliphatic heterocycles. The number of carbonyl (C=O) groups excluding carboxylic acids is 2. The fraction of sp³-hybridized carbons (Fsp3) is 0.783. The molecule has 0 spiro atoms. The minimum Gasteiger partial charge on any atom is -0.381 e. The topological polar surface area (TPSA) is 79.7 Å². The van der Waals surface area contributed by atoms with Crippen molar-refractivity contribution in [3.8, 4) is 0 Å². The van der Waals surface area contributed by atoms with E-state index < -0.39 is 0 Å². The SMILES string of the molecule is Cc1cc(C)n(CC(=O)NCCN(C2CCOCC2)C2CCCN(C(=O)C3CC3)C2)n1. The average molecular weight is 432 g/mol. The van der Waals surface area contributed by atoms with Gasteiger partial charge in [-0.1, -0.05) is 0 Å². The first kappa shape index (κ1) is 22.3. The van der Waals surface area contributed by atoms with E-state index in [0.29, 0.717) is 24.5 Å². The summed E-state index contributed by atoms with van der Waals surface area (Å²) in [5.74, 6) is 0.631. The van der Waals surface area contributed by atoms with Gasteiger partial charge in [0.2, 0.25) is 11.8 Å². The van der Waals surface area contributed by atoms with Crippen molar-refractivity contribution in [3.63, 3.8) is 0 Å². The third kappa shape index (κ3) is 5.86. The molecule has 8 nitrogen and oxygen atoms in total. The number of amides is 2. The number of hydrogen-bond acceptors (Lipinski definition) is 5. The number of nitrogens with one attached hydrogen (secondary N) is 1. The minimum absolute atomic E-state index is 0.00712. The van der Waals surface area contributed by atoms with Gasteiger partial charge in [-0.3, -0.25) is 19.2 Å². The van der Waals surface area contributed by atoms with Crippen molar-refractivity contribution in [1.29, 1.82) is 0 Å². The molecule has 4 rings (SSSR count). The number of hydrogen-bond donors (Lipinski definition) is 1. The number of nitrogens with zero attached hydrogens (tertiary/aromatic N) is 4. The van der Waals surface area contributed by atoms with Crippen molar-refractivity contribution in [3.05, 3.63) is 17.5 Å². The molecular weight excluding hydrogens is 394 g/mol. The van der Waals surface area contributed by atoms with Gasteiger partial charge in [0.1, 0.15) is 6.54 Å². The number of ether oxygens (including phenoxy) is 1. The molecule has 1 N–H and O–H groups in total. The van der Waals surface area contributed by atoms with Crippen LogP contribution in [0, 0.1) is 19.8 Å². The predicted molar refractivity (Wildman–Crippen MR) is 118 cm³/mol. The normalized spacial score (nSPS) is 22.7. The van der Waals surface area contributed by atoms with E-state index >= 15 is 0 Å². The number of rotatable bonds is 8. The second-order valence-corrected chi connectivity index (χ2v) is 9.37. The lowest BCUT2D eigenvalue weighted by Crippen LogP contribution is -2.55. The van der Waals surface area contributed by atoms with Crippen LogP contribution in [0.25, 0.3) is 0 Å². The number of likely N-dealkylation sites (tertiary alicyclic amines) is 1. The lowest BCUT2D eigenvalue weighted by Gasteiger charge is -2.44. The zero-order valence-electron chi connectivity index (χ0n) is 19.0. The monoisotopic (exact) mass is 431 g/mol. The van der Waals surface area contributed by atoms with Gasteiger partial charge in [0.25, 0.3) is 0 Å². The molecule has 8 heteroatoms. The highest BCUT2D eigenvalue weighted by Crippen LogP contribution is 2.32. The largest absolute Gasteiger partial charge is 0.381 e. The molecule has 31 heavy (non-hydrogen) atoms. The van der Waals surface area contributed by atoms with Crippen molar-refractivity contribution in [1.82, 2.24) is 24.9 Å². The fourth-order valence-corrected chi connectivity index (χ4v) is 5.05. The summed E-state index contributed by atoms with van der Waals surface area (Å²) in [6.07, 6.45) is 6.34. The van der Waals surface area contributed by atoms with Crippen LogP contribution in [0.4, 0.5) is 0 Å². The van der Waals surface area contributed by atoms with Crippen LogP contribution >= 0.6 is 0 Å².